The van der Waals surface area contributed by atoms with Gasteiger partial charge in [-0.2, -0.15) is 0 Å². The third-order valence-electron chi connectivity index (χ3n) is 5.10. The van der Waals surface area contributed by atoms with Crippen molar-refractivity contribution in [3.63, 3.8) is 0 Å². The zero-order chi connectivity index (χ0) is 23.6. The van der Waals surface area contributed by atoms with Crippen molar-refractivity contribution in [2.45, 2.75) is 24.9 Å². The molecule has 0 unspecified atom stereocenters. The van der Waals surface area contributed by atoms with Crippen LogP contribution in [0.4, 0.5) is 0 Å². The second-order valence-corrected chi connectivity index (χ2v) is 7.51. The molecule has 0 aliphatic rings. The monoisotopic (exact) mass is 468 g/mol. The summed E-state index contributed by atoms with van der Waals surface area (Å²) in [7, 11) is 0. The number of benzene rings is 3. The van der Waals surface area contributed by atoms with Gasteiger partial charge in [-0.05, 0) is 29.7 Å². The number of carboxylic acids is 1. The third kappa shape index (κ3) is 7.66. The van der Waals surface area contributed by atoms with Crippen molar-refractivity contribution in [1.82, 2.24) is 10.6 Å². The molecule has 34 heavy (non-hydrogen) atoms. The minimum absolute atomic E-state index is 0. The molecule has 0 aromatic heterocycles. The van der Waals surface area contributed by atoms with Crippen LogP contribution in [-0.4, -0.2) is 70.8 Å². The number of amides is 2. The summed E-state index contributed by atoms with van der Waals surface area (Å²) < 4.78 is 0. The maximum absolute atomic E-state index is 13.1. The van der Waals surface area contributed by atoms with Gasteiger partial charge in [0.25, 0.3) is 5.91 Å². The molecule has 0 saturated heterocycles. The molecule has 3 aromatic rings. The van der Waals surface area contributed by atoms with Gasteiger partial charge in [0.05, 0.1) is 17.2 Å². The van der Waals surface area contributed by atoms with Crippen molar-refractivity contribution in [2.24, 2.45) is 0 Å². The van der Waals surface area contributed by atoms with Gasteiger partial charge in [0.1, 0.15) is 12.3 Å². The number of aromatic carboxylic acids is 1. The molecule has 0 spiro atoms. The number of carboxylic acid groups (broad SMARTS) is 1. The van der Waals surface area contributed by atoms with E-state index in [1.54, 1.807) is 6.07 Å². The molecule has 170 valence electrons. The Balaban J connectivity index is 0.00000408. The Morgan fingerprint density at radius 3 is 1.76 bits per heavy atom. The molecule has 0 heterocycles. The van der Waals surface area contributed by atoms with Gasteiger partial charge in [-0.15, -0.1) is 0 Å². The molecular weight excluding hydrogens is 443 g/mol. The normalized spacial score (nSPS) is 11.9. The first kappa shape index (κ1) is 27.0. The van der Waals surface area contributed by atoms with E-state index >= 15 is 0 Å². The number of hydrogen-bond donors (Lipinski definition) is 3. The van der Waals surface area contributed by atoms with Crippen molar-refractivity contribution in [1.29, 1.82) is 0 Å². The fourth-order valence-electron chi connectivity index (χ4n) is 3.45. The van der Waals surface area contributed by atoms with Crippen LogP contribution in [-0.2, 0) is 22.4 Å². The number of nitrogens with one attached hydrogen (secondary N) is 2. The predicted octanol–water partition coefficient (Wildman–Crippen LogP) is 2.00. The number of carbonyl (C=O) groups is 4. The molecule has 0 saturated carbocycles. The second-order valence-electron chi connectivity index (χ2n) is 7.51. The van der Waals surface area contributed by atoms with E-state index in [1.807, 2.05) is 60.7 Å². The van der Waals surface area contributed by atoms with Crippen LogP contribution in [0.3, 0.4) is 0 Å². The molecule has 0 radical (unpaired) electrons. The van der Waals surface area contributed by atoms with Gasteiger partial charge in [-0.25, -0.2) is 4.79 Å². The SMILES string of the molecule is O=C[C@H](Cc1ccccc1)NC(=O)[C@H](Cc1ccccc1)NC(=O)c1ccccc1C(=O)O.[NaH]. The fourth-order valence-corrected chi connectivity index (χ4v) is 3.45. The Bertz CT molecular complexity index is 1120. The fraction of sp³-hybridized carbons (Fsp3) is 0.154. The molecule has 0 aliphatic carbocycles. The van der Waals surface area contributed by atoms with Gasteiger partial charge in [-0.1, -0.05) is 72.8 Å². The van der Waals surface area contributed by atoms with E-state index in [0.717, 1.165) is 11.1 Å². The molecule has 2 amide bonds. The molecule has 0 fully saturated rings. The first-order valence-corrected chi connectivity index (χ1v) is 10.4. The number of rotatable bonds is 10. The average Bonchev–Trinajstić information content (AvgIpc) is 2.84. The molecule has 8 heteroatoms. The summed E-state index contributed by atoms with van der Waals surface area (Å²) in [6.07, 6.45) is 1.14. The Hall–Kier alpha value is -3.26. The van der Waals surface area contributed by atoms with E-state index < -0.39 is 29.9 Å². The third-order valence-corrected chi connectivity index (χ3v) is 5.10. The Morgan fingerprint density at radius 1 is 0.735 bits per heavy atom. The molecule has 3 rings (SSSR count). The Morgan fingerprint density at radius 2 is 1.24 bits per heavy atom. The zero-order valence-corrected chi connectivity index (χ0v) is 17.8. The molecular formula is C26H25N2NaO5. The van der Waals surface area contributed by atoms with Crippen molar-refractivity contribution in [3.05, 3.63) is 107 Å². The van der Waals surface area contributed by atoms with Crippen LogP contribution in [0, 0.1) is 0 Å². The Kier molecular flexibility index (Phi) is 10.7. The summed E-state index contributed by atoms with van der Waals surface area (Å²) >= 11 is 0. The minimum atomic E-state index is -1.24. The van der Waals surface area contributed by atoms with Crippen molar-refractivity contribution < 1.29 is 24.3 Å². The van der Waals surface area contributed by atoms with Gasteiger partial charge in [0.2, 0.25) is 5.91 Å². The summed E-state index contributed by atoms with van der Waals surface area (Å²) in [5.41, 5.74) is 1.47. The molecule has 0 aliphatic heterocycles. The van der Waals surface area contributed by atoms with E-state index in [2.05, 4.69) is 10.6 Å². The van der Waals surface area contributed by atoms with Gasteiger partial charge in [0.15, 0.2) is 0 Å². The molecule has 0 bridgehead atoms. The van der Waals surface area contributed by atoms with Gasteiger partial charge >= 0.3 is 35.5 Å². The number of aldehydes is 1. The van der Waals surface area contributed by atoms with Gasteiger partial charge in [0, 0.05) is 6.42 Å². The van der Waals surface area contributed by atoms with Crippen LogP contribution in [0.5, 0.6) is 0 Å². The standard InChI is InChI=1S/C26H24N2O5.Na.H/c29-17-20(15-18-9-3-1-4-10-18)27-25(31)23(16-19-11-5-2-6-12-19)28-24(30)21-13-7-8-14-22(21)26(32)33;;/h1-14,17,20,23H,15-16H2,(H,27,31)(H,28,30)(H,32,33);;/t20-,23-;;/m0../s1. The van der Waals surface area contributed by atoms with Crippen LogP contribution in [0.1, 0.15) is 31.8 Å². The van der Waals surface area contributed by atoms with E-state index in [4.69, 9.17) is 0 Å². The van der Waals surface area contributed by atoms with Crippen LogP contribution in [0.15, 0.2) is 84.9 Å². The van der Waals surface area contributed by atoms with Crippen molar-refractivity contribution in [2.75, 3.05) is 0 Å². The summed E-state index contributed by atoms with van der Waals surface area (Å²) in [6, 6.07) is 22.4. The van der Waals surface area contributed by atoms with Crippen molar-refractivity contribution in [3.8, 4) is 0 Å². The molecule has 3 N–H and O–H groups in total. The molecule has 2 atom stereocenters. The quantitative estimate of drug-likeness (QED) is 0.311. The molecule has 7 nitrogen and oxygen atoms in total. The Labute approximate surface area is 219 Å². The predicted molar refractivity (Wildman–Crippen MR) is 130 cm³/mol. The number of carbonyl (C=O) groups excluding carboxylic acids is 3. The van der Waals surface area contributed by atoms with Crippen LogP contribution < -0.4 is 10.6 Å². The van der Waals surface area contributed by atoms with Crippen LogP contribution in [0.25, 0.3) is 0 Å². The van der Waals surface area contributed by atoms with Gasteiger partial charge < -0.3 is 20.5 Å². The van der Waals surface area contributed by atoms with E-state index in [0.29, 0.717) is 12.7 Å². The summed E-state index contributed by atoms with van der Waals surface area (Å²) in [5.74, 6) is -2.46. The topological polar surface area (TPSA) is 113 Å². The van der Waals surface area contributed by atoms with E-state index in [9.17, 15) is 24.3 Å². The van der Waals surface area contributed by atoms with Crippen LogP contribution in [0.2, 0.25) is 0 Å². The summed E-state index contributed by atoms with van der Waals surface area (Å²) in [4.78, 5) is 49.1. The first-order valence-electron chi connectivity index (χ1n) is 10.4. The van der Waals surface area contributed by atoms with Gasteiger partial charge in [-0.3, -0.25) is 9.59 Å². The molecule has 3 aromatic carbocycles. The number of hydrogen-bond acceptors (Lipinski definition) is 4. The average molecular weight is 468 g/mol. The van der Waals surface area contributed by atoms with Crippen molar-refractivity contribution >= 4 is 53.6 Å². The van der Waals surface area contributed by atoms with E-state index in [1.165, 1.54) is 18.2 Å². The zero-order valence-electron chi connectivity index (χ0n) is 17.8. The summed E-state index contributed by atoms with van der Waals surface area (Å²) in [6.45, 7) is 0. The van der Waals surface area contributed by atoms with E-state index in [-0.39, 0.29) is 47.1 Å². The second kappa shape index (κ2) is 13.4. The summed E-state index contributed by atoms with van der Waals surface area (Å²) in [5, 5.41) is 14.7. The first-order chi connectivity index (χ1) is 16.0. The maximum atomic E-state index is 13.1. The van der Waals surface area contributed by atoms with Crippen LogP contribution >= 0.6 is 0 Å².